The van der Waals surface area contributed by atoms with Gasteiger partial charge in [0.1, 0.15) is 11.8 Å². The molecule has 0 aliphatic heterocycles. The van der Waals surface area contributed by atoms with Gasteiger partial charge in [-0.05, 0) is 54.5 Å². The smallest absolute Gasteiger partial charge is 0.255 e. The quantitative estimate of drug-likeness (QED) is 0.716. The van der Waals surface area contributed by atoms with Crippen LogP contribution < -0.4 is 15.4 Å². The van der Waals surface area contributed by atoms with Crippen molar-refractivity contribution in [2.75, 3.05) is 19.1 Å². The lowest BCUT2D eigenvalue weighted by molar-refractivity contribution is -0.123. The van der Waals surface area contributed by atoms with Crippen LogP contribution in [-0.2, 0) is 11.2 Å². The standard InChI is InChI=1S/C22H26N2O3S/c1-27-20-10-6-5-9-17(20)21(25)24-19(13-14-28-2)22(26)23-18-12-11-15-7-3-4-8-16(15)18/h3-10,18-19H,11-14H2,1-2H3,(H,23,26)(H,24,25). The van der Waals surface area contributed by atoms with E-state index in [0.717, 1.165) is 18.6 Å². The molecule has 0 saturated heterocycles. The highest BCUT2D eigenvalue weighted by Crippen LogP contribution is 2.30. The normalized spacial score (nSPS) is 16.1. The lowest BCUT2D eigenvalue weighted by Gasteiger charge is -2.22. The fourth-order valence-corrected chi connectivity index (χ4v) is 4.02. The Bertz CT molecular complexity index is 840. The Kier molecular flexibility index (Phi) is 6.98. The molecule has 1 aliphatic rings. The molecule has 2 aromatic rings. The second-order valence-corrected chi connectivity index (χ2v) is 7.79. The van der Waals surface area contributed by atoms with Crippen molar-refractivity contribution in [3.8, 4) is 5.75 Å². The Hall–Kier alpha value is -2.47. The van der Waals surface area contributed by atoms with Gasteiger partial charge >= 0.3 is 0 Å². The molecule has 0 aromatic heterocycles. The summed E-state index contributed by atoms with van der Waals surface area (Å²) >= 11 is 1.65. The summed E-state index contributed by atoms with van der Waals surface area (Å²) in [5, 5.41) is 6.03. The number of ether oxygens (including phenoxy) is 1. The molecule has 0 radical (unpaired) electrons. The number of rotatable bonds is 8. The number of methoxy groups -OCH3 is 1. The Morgan fingerprint density at radius 1 is 1.18 bits per heavy atom. The molecule has 0 heterocycles. The van der Waals surface area contributed by atoms with Gasteiger partial charge in [-0.1, -0.05) is 36.4 Å². The van der Waals surface area contributed by atoms with E-state index in [1.165, 1.54) is 18.2 Å². The number of aryl methyl sites for hydroxylation is 1. The van der Waals surface area contributed by atoms with Gasteiger partial charge in [-0.15, -0.1) is 0 Å². The molecule has 6 heteroatoms. The van der Waals surface area contributed by atoms with Gasteiger partial charge in [0, 0.05) is 0 Å². The molecule has 3 rings (SSSR count). The van der Waals surface area contributed by atoms with Crippen LogP contribution in [0.25, 0.3) is 0 Å². The third-order valence-electron chi connectivity index (χ3n) is 5.03. The molecule has 28 heavy (non-hydrogen) atoms. The molecule has 5 nitrogen and oxygen atoms in total. The minimum atomic E-state index is -0.586. The highest BCUT2D eigenvalue weighted by molar-refractivity contribution is 7.98. The first-order valence-corrected chi connectivity index (χ1v) is 10.8. The molecule has 0 saturated carbocycles. The zero-order valence-corrected chi connectivity index (χ0v) is 17.1. The second kappa shape index (κ2) is 9.64. The van der Waals surface area contributed by atoms with Crippen molar-refractivity contribution in [1.82, 2.24) is 10.6 Å². The van der Waals surface area contributed by atoms with Gasteiger partial charge in [0.25, 0.3) is 5.91 Å². The van der Waals surface area contributed by atoms with Crippen LogP contribution in [0.5, 0.6) is 5.75 Å². The Labute approximate surface area is 170 Å². The Morgan fingerprint density at radius 3 is 2.71 bits per heavy atom. The fourth-order valence-electron chi connectivity index (χ4n) is 3.55. The monoisotopic (exact) mass is 398 g/mol. The first-order valence-electron chi connectivity index (χ1n) is 9.45. The predicted molar refractivity (Wildman–Crippen MR) is 113 cm³/mol. The average Bonchev–Trinajstić information content (AvgIpc) is 3.13. The number of carbonyl (C=O) groups is 2. The summed E-state index contributed by atoms with van der Waals surface area (Å²) in [4.78, 5) is 25.7. The van der Waals surface area contributed by atoms with Crippen LogP contribution in [0.1, 0.15) is 40.4 Å². The number of fused-ring (bicyclic) bond motifs is 1. The predicted octanol–water partition coefficient (Wildman–Crippen LogP) is 3.35. The van der Waals surface area contributed by atoms with Crippen molar-refractivity contribution < 1.29 is 14.3 Å². The highest BCUT2D eigenvalue weighted by atomic mass is 32.2. The van der Waals surface area contributed by atoms with E-state index in [4.69, 9.17) is 4.74 Å². The zero-order chi connectivity index (χ0) is 19.9. The second-order valence-electron chi connectivity index (χ2n) is 6.81. The van der Waals surface area contributed by atoms with Gasteiger partial charge < -0.3 is 15.4 Å². The molecule has 2 unspecified atom stereocenters. The summed E-state index contributed by atoms with van der Waals surface area (Å²) in [5.74, 6) is 0.837. The summed E-state index contributed by atoms with van der Waals surface area (Å²) in [5.41, 5.74) is 2.89. The van der Waals surface area contributed by atoms with Gasteiger partial charge in [0.15, 0.2) is 0 Å². The van der Waals surface area contributed by atoms with E-state index in [2.05, 4.69) is 22.8 Å². The summed E-state index contributed by atoms with van der Waals surface area (Å²) in [6, 6.07) is 14.6. The van der Waals surface area contributed by atoms with Crippen molar-refractivity contribution in [2.24, 2.45) is 0 Å². The number of para-hydroxylation sites is 1. The van der Waals surface area contributed by atoms with E-state index >= 15 is 0 Å². The van der Waals surface area contributed by atoms with Crippen LogP contribution in [-0.4, -0.2) is 37.0 Å². The van der Waals surface area contributed by atoms with Crippen LogP contribution in [0.3, 0.4) is 0 Å². The summed E-state index contributed by atoms with van der Waals surface area (Å²) < 4.78 is 5.27. The van der Waals surface area contributed by atoms with E-state index in [1.807, 2.05) is 24.5 Å². The topological polar surface area (TPSA) is 67.4 Å². The van der Waals surface area contributed by atoms with Crippen LogP contribution in [0, 0.1) is 0 Å². The maximum Gasteiger partial charge on any atom is 0.255 e. The van der Waals surface area contributed by atoms with Crippen molar-refractivity contribution in [2.45, 2.75) is 31.3 Å². The number of benzene rings is 2. The molecule has 0 bridgehead atoms. The maximum atomic E-state index is 13.0. The number of amides is 2. The van der Waals surface area contributed by atoms with E-state index in [0.29, 0.717) is 17.7 Å². The van der Waals surface area contributed by atoms with Crippen molar-refractivity contribution >= 4 is 23.6 Å². The first kappa shape index (κ1) is 20.3. The van der Waals surface area contributed by atoms with Crippen LogP contribution in [0.15, 0.2) is 48.5 Å². The lowest BCUT2D eigenvalue weighted by atomic mass is 10.1. The minimum Gasteiger partial charge on any atom is -0.496 e. The van der Waals surface area contributed by atoms with Gasteiger partial charge in [-0.2, -0.15) is 11.8 Å². The highest BCUT2D eigenvalue weighted by Gasteiger charge is 2.28. The molecular weight excluding hydrogens is 372 g/mol. The fraction of sp³-hybridized carbons (Fsp3) is 0.364. The summed E-state index contributed by atoms with van der Waals surface area (Å²) in [7, 11) is 1.53. The van der Waals surface area contributed by atoms with Crippen molar-refractivity contribution in [3.63, 3.8) is 0 Å². The van der Waals surface area contributed by atoms with Gasteiger partial charge in [-0.3, -0.25) is 9.59 Å². The summed E-state index contributed by atoms with van der Waals surface area (Å²) in [6.45, 7) is 0. The molecule has 2 atom stereocenters. The lowest BCUT2D eigenvalue weighted by Crippen LogP contribution is -2.47. The first-order chi connectivity index (χ1) is 13.6. The molecular formula is C22H26N2O3S. The van der Waals surface area contributed by atoms with Crippen molar-refractivity contribution in [1.29, 1.82) is 0 Å². The summed E-state index contributed by atoms with van der Waals surface area (Å²) in [6.07, 6.45) is 4.41. The molecule has 148 valence electrons. The van der Waals surface area contributed by atoms with E-state index in [-0.39, 0.29) is 17.9 Å². The number of thioether (sulfide) groups is 1. The average molecular weight is 399 g/mol. The minimum absolute atomic E-state index is 0.00337. The molecule has 2 N–H and O–H groups in total. The Balaban J connectivity index is 1.71. The molecule has 2 aromatic carbocycles. The molecule has 0 spiro atoms. The largest absolute Gasteiger partial charge is 0.496 e. The third kappa shape index (κ3) is 4.68. The van der Waals surface area contributed by atoms with Crippen LogP contribution in [0.4, 0.5) is 0 Å². The van der Waals surface area contributed by atoms with Gasteiger partial charge in [0.2, 0.25) is 5.91 Å². The molecule has 2 amide bonds. The maximum absolute atomic E-state index is 13.0. The number of hydrogen-bond acceptors (Lipinski definition) is 4. The SMILES string of the molecule is COc1ccccc1C(=O)NC(CCSC)C(=O)NC1CCc2ccccc21. The molecule has 1 aliphatic carbocycles. The van der Waals surface area contributed by atoms with Gasteiger partial charge in [0.05, 0.1) is 18.7 Å². The van der Waals surface area contributed by atoms with Crippen molar-refractivity contribution in [3.05, 3.63) is 65.2 Å². The number of hydrogen-bond donors (Lipinski definition) is 2. The van der Waals surface area contributed by atoms with E-state index in [1.54, 1.807) is 30.0 Å². The zero-order valence-electron chi connectivity index (χ0n) is 16.2. The van der Waals surface area contributed by atoms with E-state index < -0.39 is 6.04 Å². The van der Waals surface area contributed by atoms with Crippen LogP contribution in [0.2, 0.25) is 0 Å². The number of carbonyl (C=O) groups excluding carboxylic acids is 2. The third-order valence-corrected chi connectivity index (χ3v) is 5.68. The van der Waals surface area contributed by atoms with Crippen LogP contribution >= 0.6 is 11.8 Å². The molecule has 0 fully saturated rings. The number of nitrogens with one attached hydrogen (secondary N) is 2. The van der Waals surface area contributed by atoms with E-state index in [9.17, 15) is 9.59 Å². The Morgan fingerprint density at radius 2 is 1.93 bits per heavy atom. The van der Waals surface area contributed by atoms with Gasteiger partial charge in [-0.25, -0.2) is 0 Å².